The van der Waals surface area contributed by atoms with E-state index in [1.54, 1.807) is 0 Å². The highest BCUT2D eigenvalue weighted by Crippen LogP contribution is 2.37. The van der Waals surface area contributed by atoms with Gasteiger partial charge in [0, 0.05) is 17.3 Å². The summed E-state index contributed by atoms with van der Waals surface area (Å²) in [4.78, 5) is 11.6. The first-order chi connectivity index (χ1) is 8.93. The molecule has 106 valence electrons. The van der Waals surface area contributed by atoms with E-state index in [4.69, 9.17) is 23.2 Å². The second-order valence-electron chi connectivity index (χ2n) is 3.48. The van der Waals surface area contributed by atoms with Gasteiger partial charge in [-0.1, -0.05) is 11.6 Å². The number of hydrogen-bond acceptors (Lipinski definition) is 2. The zero-order valence-electron chi connectivity index (χ0n) is 9.56. The summed E-state index contributed by atoms with van der Waals surface area (Å²) in [6, 6.07) is 2.73. The molecule has 0 heterocycles. The molecule has 19 heavy (non-hydrogen) atoms. The normalized spacial score (nSPS) is 10.6. The van der Waals surface area contributed by atoms with Gasteiger partial charge in [0.2, 0.25) is 5.91 Å². The maximum absolute atomic E-state index is 12.3. The third kappa shape index (κ3) is 5.50. The largest absolute Gasteiger partial charge is 0.431 e. The highest BCUT2D eigenvalue weighted by atomic mass is 79.9. The fourth-order valence-electron chi connectivity index (χ4n) is 1.30. The highest BCUT2D eigenvalue weighted by Gasteiger charge is 2.16. The van der Waals surface area contributed by atoms with Gasteiger partial charge in [-0.05, 0) is 34.5 Å². The van der Waals surface area contributed by atoms with Gasteiger partial charge in [-0.15, -0.1) is 11.6 Å². The second-order valence-corrected chi connectivity index (χ2v) is 5.15. The smallest absolute Gasteiger partial charge is 0.387 e. The summed E-state index contributed by atoms with van der Waals surface area (Å²) in [5, 5.41) is 2.74. The Morgan fingerprint density at radius 2 is 2.16 bits per heavy atom. The molecular formula is C11H10BrCl2F2NO2. The van der Waals surface area contributed by atoms with Gasteiger partial charge in [0.05, 0.1) is 10.2 Å². The number of halogens is 5. The van der Waals surface area contributed by atoms with Crippen LogP contribution in [0.3, 0.4) is 0 Å². The zero-order chi connectivity index (χ0) is 14.4. The van der Waals surface area contributed by atoms with E-state index in [9.17, 15) is 13.6 Å². The molecule has 1 aromatic carbocycles. The summed E-state index contributed by atoms with van der Waals surface area (Å²) in [5.41, 5.74) is 0.0826. The number of carbonyl (C=O) groups excluding carboxylic acids is 1. The SMILES string of the molecule is O=C(CCCCl)Nc1cc(Cl)cc(Br)c1OC(F)F. The summed E-state index contributed by atoms with van der Waals surface area (Å²) in [6.45, 7) is -3.00. The lowest BCUT2D eigenvalue weighted by Crippen LogP contribution is -2.14. The van der Waals surface area contributed by atoms with Crippen molar-refractivity contribution in [2.75, 3.05) is 11.2 Å². The van der Waals surface area contributed by atoms with Crippen molar-refractivity contribution in [1.82, 2.24) is 0 Å². The monoisotopic (exact) mass is 375 g/mol. The Balaban J connectivity index is 2.93. The van der Waals surface area contributed by atoms with Crippen molar-refractivity contribution < 1.29 is 18.3 Å². The van der Waals surface area contributed by atoms with Crippen LogP contribution in [0.1, 0.15) is 12.8 Å². The second kappa shape index (κ2) is 7.87. The predicted molar refractivity (Wildman–Crippen MR) is 74.4 cm³/mol. The van der Waals surface area contributed by atoms with Crippen molar-refractivity contribution >= 4 is 50.7 Å². The molecule has 0 aliphatic heterocycles. The Hall–Kier alpha value is -0.590. The molecule has 1 amide bonds. The number of ether oxygens (including phenoxy) is 1. The van der Waals surface area contributed by atoms with E-state index in [2.05, 4.69) is 26.0 Å². The topological polar surface area (TPSA) is 38.3 Å². The molecular weight excluding hydrogens is 367 g/mol. The number of anilines is 1. The van der Waals surface area contributed by atoms with Crippen LogP contribution in [0, 0.1) is 0 Å². The van der Waals surface area contributed by atoms with Gasteiger partial charge >= 0.3 is 6.61 Å². The third-order valence-corrected chi connectivity index (χ3v) is 3.10. The summed E-state index contributed by atoms with van der Waals surface area (Å²) in [5.74, 6) is -0.180. The molecule has 0 saturated carbocycles. The molecule has 0 aliphatic rings. The number of rotatable bonds is 6. The molecule has 0 saturated heterocycles. The molecule has 0 unspecified atom stereocenters. The van der Waals surface area contributed by atoms with Gasteiger partial charge in [-0.3, -0.25) is 4.79 Å². The molecule has 0 radical (unpaired) electrons. The van der Waals surface area contributed by atoms with Crippen LogP contribution >= 0.6 is 39.1 Å². The van der Waals surface area contributed by atoms with Crippen LogP contribution in [0.15, 0.2) is 16.6 Å². The summed E-state index contributed by atoms with van der Waals surface area (Å²) in [6.07, 6.45) is 0.669. The van der Waals surface area contributed by atoms with Crippen molar-refractivity contribution in [2.24, 2.45) is 0 Å². The van der Waals surface area contributed by atoms with Crippen LogP contribution in [0.25, 0.3) is 0 Å². The number of nitrogens with one attached hydrogen (secondary N) is 1. The van der Waals surface area contributed by atoms with Gasteiger partial charge < -0.3 is 10.1 Å². The molecule has 3 nitrogen and oxygen atoms in total. The first-order valence-corrected chi connectivity index (χ1v) is 6.94. The van der Waals surface area contributed by atoms with Gasteiger partial charge in [0.15, 0.2) is 5.75 Å². The minimum Gasteiger partial charge on any atom is -0.431 e. The molecule has 0 aromatic heterocycles. The van der Waals surface area contributed by atoms with Crippen LogP contribution in [-0.2, 0) is 4.79 Å². The van der Waals surface area contributed by atoms with Crippen LogP contribution in [0.2, 0.25) is 5.02 Å². The molecule has 0 fully saturated rings. The van der Waals surface area contributed by atoms with E-state index in [0.717, 1.165) is 0 Å². The van der Waals surface area contributed by atoms with E-state index in [1.807, 2.05) is 0 Å². The molecule has 0 spiro atoms. The summed E-state index contributed by atoms with van der Waals surface area (Å²) >= 11 is 14.3. The number of alkyl halides is 3. The van der Waals surface area contributed by atoms with Crippen molar-refractivity contribution in [3.05, 3.63) is 21.6 Å². The highest BCUT2D eigenvalue weighted by molar-refractivity contribution is 9.10. The number of hydrogen-bond donors (Lipinski definition) is 1. The summed E-state index contributed by atoms with van der Waals surface area (Å²) < 4.78 is 29.2. The first kappa shape index (κ1) is 16.5. The van der Waals surface area contributed by atoms with Gasteiger partial charge in [0.1, 0.15) is 0 Å². The maximum Gasteiger partial charge on any atom is 0.387 e. The van der Waals surface area contributed by atoms with E-state index in [-0.39, 0.29) is 33.3 Å². The Labute approximate surface area is 127 Å². The fourth-order valence-corrected chi connectivity index (χ4v) is 2.34. The molecule has 1 aromatic rings. The minimum atomic E-state index is -3.00. The molecule has 0 aliphatic carbocycles. The first-order valence-electron chi connectivity index (χ1n) is 5.23. The quantitative estimate of drug-likeness (QED) is 0.733. The maximum atomic E-state index is 12.3. The van der Waals surface area contributed by atoms with Gasteiger partial charge in [-0.2, -0.15) is 8.78 Å². The lowest BCUT2D eigenvalue weighted by atomic mass is 10.2. The molecule has 1 N–H and O–H groups in total. The average Bonchev–Trinajstić information content (AvgIpc) is 2.30. The van der Waals surface area contributed by atoms with E-state index in [0.29, 0.717) is 12.3 Å². The standard InChI is InChI=1S/C11H10BrCl2F2NO2/c12-7-4-6(14)5-8(10(7)19-11(15)16)17-9(18)2-1-3-13/h4-5,11H,1-3H2,(H,17,18). The van der Waals surface area contributed by atoms with Crippen molar-refractivity contribution in [3.63, 3.8) is 0 Å². The van der Waals surface area contributed by atoms with E-state index < -0.39 is 6.61 Å². The Kier molecular flexibility index (Phi) is 6.82. The van der Waals surface area contributed by atoms with Gasteiger partial charge in [-0.25, -0.2) is 0 Å². The van der Waals surface area contributed by atoms with Crippen LogP contribution < -0.4 is 10.1 Å². The van der Waals surface area contributed by atoms with E-state index in [1.165, 1.54) is 12.1 Å². The Morgan fingerprint density at radius 1 is 1.47 bits per heavy atom. The van der Waals surface area contributed by atoms with Gasteiger partial charge in [0.25, 0.3) is 0 Å². The van der Waals surface area contributed by atoms with Crippen molar-refractivity contribution in [1.29, 1.82) is 0 Å². The molecule has 8 heteroatoms. The number of amides is 1. The molecule has 0 atom stereocenters. The minimum absolute atomic E-state index is 0.0826. The Bertz CT molecular complexity index is 461. The lowest BCUT2D eigenvalue weighted by molar-refractivity contribution is -0.116. The Morgan fingerprint density at radius 3 is 2.74 bits per heavy atom. The predicted octanol–water partition coefficient (Wildman–Crippen LogP) is 4.66. The molecule has 0 bridgehead atoms. The zero-order valence-corrected chi connectivity index (χ0v) is 12.7. The molecule has 1 rings (SSSR count). The van der Waals surface area contributed by atoms with Crippen molar-refractivity contribution in [3.8, 4) is 5.75 Å². The van der Waals surface area contributed by atoms with Crippen LogP contribution in [0.4, 0.5) is 14.5 Å². The fraction of sp³-hybridized carbons (Fsp3) is 0.364. The van der Waals surface area contributed by atoms with Crippen LogP contribution in [-0.4, -0.2) is 18.4 Å². The van der Waals surface area contributed by atoms with Crippen molar-refractivity contribution in [2.45, 2.75) is 19.5 Å². The van der Waals surface area contributed by atoms with Crippen LogP contribution in [0.5, 0.6) is 5.75 Å². The number of carbonyl (C=O) groups is 1. The summed E-state index contributed by atoms with van der Waals surface area (Å²) in [7, 11) is 0. The van der Waals surface area contributed by atoms with E-state index >= 15 is 0 Å². The average molecular weight is 377 g/mol. The number of benzene rings is 1. The lowest BCUT2D eigenvalue weighted by Gasteiger charge is -2.14. The third-order valence-electron chi connectivity index (χ3n) is 2.03.